The lowest BCUT2D eigenvalue weighted by Gasteiger charge is -2.12. The molecule has 0 aliphatic carbocycles. The fourth-order valence-electron chi connectivity index (χ4n) is 3.06. The highest BCUT2D eigenvalue weighted by atomic mass is 32.2. The number of aryl methyl sites for hydroxylation is 2. The highest BCUT2D eigenvalue weighted by molar-refractivity contribution is 7.99. The molecule has 0 spiro atoms. The summed E-state index contributed by atoms with van der Waals surface area (Å²) in [6.07, 6.45) is -8.64. The van der Waals surface area contributed by atoms with E-state index in [0.29, 0.717) is 34.0 Å². The molecule has 6 nitrogen and oxygen atoms in total. The smallest absolute Gasteiger partial charge is 0.396 e. The molecule has 0 saturated heterocycles. The van der Waals surface area contributed by atoms with E-state index in [9.17, 15) is 50.0 Å². The molecule has 41 heavy (non-hydrogen) atoms. The van der Waals surface area contributed by atoms with Crippen molar-refractivity contribution in [2.24, 2.45) is 0 Å². The molecule has 0 bridgehead atoms. The van der Waals surface area contributed by atoms with Gasteiger partial charge in [0.2, 0.25) is 0 Å². The molecule has 0 heterocycles. The van der Waals surface area contributed by atoms with E-state index in [0.717, 1.165) is 24.3 Å². The van der Waals surface area contributed by atoms with Crippen LogP contribution in [0.5, 0.6) is 0 Å². The third-order valence-electron chi connectivity index (χ3n) is 4.94. The van der Waals surface area contributed by atoms with Gasteiger partial charge in [-0.15, -0.1) is 23.5 Å². The van der Waals surface area contributed by atoms with Crippen molar-refractivity contribution in [3.05, 3.63) is 87.0 Å². The highest BCUT2D eigenvalue weighted by Gasteiger charge is 2.29. The summed E-state index contributed by atoms with van der Waals surface area (Å²) in [4.78, 5) is 22.9. The molecule has 0 unspecified atom stereocenters. The van der Waals surface area contributed by atoms with Crippen molar-refractivity contribution in [1.29, 1.82) is 0 Å². The normalized spacial score (nSPS) is 11.5. The number of para-hydroxylation sites is 1. The molecule has 3 N–H and O–H groups in total. The summed E-state index contributed by atoms with van der Waals surface area (Å²) in [5.74, 6) is -4.57. The lowest BCUT2D eigenvalue weighted by Crippen LogP contribution is -2.15. The van der Waals surface area contributed by atoms with Crippen LogP contribution in [0, 0.1) is 35.6 Å². The van der Waals surface area contributed by atoms with E-state index in [1.165, 1.54) is 31.2 Å². The Hall–Kier alpha value is -3.53. The minimum atomic E-state index is -4.40. The van der Waals surface area contributed by atoms with Crippen LogP contribution in [0.4, 0.5) is 52.2 Å². The zero-order chi connectivity index (χ0) is 31.1. The van der Waals surface area contributed by atoms with Crippen molar-refractivity contribution < 1.29 is 44.8 Å². The first-order valence-electron chi connectivity index (χ1n) is 11.2. The van der Waals surface area contributed by atoms with Gasteiger partial charge < -0.3 is 11.1 Å². The number of nitro benzene ring substituents is 1. The van der Waals surface area contributed by atoms with E-state index in [2.05, 4.69) is 5.32 Å². The number of nitrogen functional groups attached to an aromatic ring is 1. The predicted octanol–water partition coefficient (Wildman–Crippen LogP) is 8.32. The Morgan fingerprint density at radius 1 is 0.878 bits per heavy atom. The van der Waals surface area contributed by atoms with Gasteiger partial charge in [-0.05, 0) is 55.3 Å². The molecule has 0 aromatic heterocycles. The molecular weight excluding hydrogens is 606 g/mol. The minimum absolute atomic E-state index is 0.134. The summed E-state index contributed by atoms with van der Waals surface area (Å²) < 4.78 is 99.8. The Morgan fingerprint density at radius 2 is 1.37 bits per heavy atom. The molecule has 1 amide bonds. The lowest BCUT2D eigenvalue weighted by atomic mass is 10.1. The molecule has 16 heteroatoms. The summed E-state index contributed by atoms with van der Waals surface area (Å²) in [5.41, 5.74) is 4.74. The predicted molar refractivity (Wildman–Crippen MR) is 141 cm³/mol. The third kappa shape index (κ3) is 10.8. The molecule has 0 atom stereocenters. The molecule has 3 rings (SSSR count). The molecule has 3 aromatic carbocycles. The van der Waals surface area contributed by atoms with Crippen LogP contribution in [0.1, 0.15) is 21.5 Å². The van der Waals surface area contributed by atoms with E-state index in [4.69, 9.17) is 5.73 Å². The van der Waals surface area contributed by atoms with Gasteiger partial charge in [0.25, 0.3) is 11.6 Å². The number of carbonyl (C=O) groups excluding carboxylic acids is 1. The summed E-state index contributed by atoms with van der Waals surface area (Å²) in [6.45, 7) is 2.98. The number of halogens is 8. The second kappa shape index (κ2) is 13.9. The molecule has 3 aromatic rings. The second-order valence-corrected chi connectivity index (χ2v) is 10.3. The number of alkyl halides is 6. The summed E-state index contributed by atoms with van der Waals surface area (Å²) >= 11 is 1.06. The molecule has 0 fully saturated rings. The maximum atomic E-state index is 14.1. The van der Waals surface area contributed by atoms with Crippen LogP contribution in [0.3, 0.4) is 0 Å². The average molecular weight is 628 g/mol. The van der Waals surface area contributed by atoms with Crippen molar-refractivity contribution in [2.45, 2.75) is 36.0 Å². The Balaban J connectivity index is 0.000000333. The van der Waals surface area contributed by atoms with Gasteiger partial charge in [-0.3, -0.25) is 14.9 Å². The number of nitro groups is 1. The van der Waals surface area contributed by atoms with Gasteiger partial charge in [-0.25, -0.2) is 8.78 Å². The number of rotatable bonds is 7. The van der Waals surface area contributed by atoms with Crippen LogP contribution in [-0.4, -0.2) is 34.7 Å². The van der Waals surface area contributed by atoms with Crippen LogP contribution in [-0.2, 0) is 0 Å². The number of carbonyl (C=O) groups is 1. The van der Waals surface area contributed by atoms with Crippen LogP contribution < -0.4 is 11.1 Å². The summed E-state index contributed by atoms with van der Waals surface area (Å²) in [7, 11) is 0. The minimum Gasteiger partial charge on any atom is -0.396 e. The zero-order valence-electron chi connectivity index (χ0n) is 21.1. The van der Waals surface area contributed by atoms with Crippen LogP contribution in [0.25, 0.3) is 0 Å². The van der Waals surface area contributed by atoms with E-state index >= 15 is 0 Å². The Labute approximate surface area is 236 Å². The number of hydrogen-bond donors (Lipinski definition) is 2. The number of amides is 1. The second-order valence-electron chi connectivity index (χ2n) is 8.27. The van der Waals surface area contributed by atoms with Gasteiger partial charge >= 0.3 is 12.4 Å². The largest absolute Gasteiger partial charge is 0.398 e. The first kappa shape index (κ1) is 33.7. The number of nitrogens with two attached hydrogens (primary N) is 1. The van der Waals surface area contributed by atoms with Crippen molar-refractivity contribution >= 4 is 46.5 Å². The van der Waals surface area contributed by atoms with Crippen LogP contribution in [0.15, 0.2) is 58.3 Å². The SMILES string of the molecule is Cc1cc(F)c(N)cc1SCC(F)(F)F.Cc1cc(F)c(NC(=O)c2ccccc2[N+](=O)[O-])cc1SCC(F)(F)F. The fourth-order valence-corrected chi connectivity index (χ4v) is 4.68. The third-order valence-corrected chi connectivity index (χ3v) is 7.38. The number of benzene rings is 3. The lowest BCUT2D eigenvalue weighted by molar-refractivity contribution is -0.385. The number of hydrogen-bond acceptors (Lipinski definition) is 6. The summed E-state index contributed by atoms with van der Waals surface area (Å²) in [5, 5.41) is 13.1. The monoisotopic (exact) mass is 627 g/mol. The van der Waals surface area contributed by atoms with E-state index < -0.39 is 52.0 Å². The first-order chi connectivity index (χ1) is 18.9. The number of nitrogens with zero attached hydrogens (tertiary/aromatic N) is 1. The molecule has 0 aliphatic heterocycles. The maximum Gasteiger partial charge on any atom is 0.398 e. The van der Waals surface area contributed by atoms with Crippen LogP contribution in [0.2, 0.25) is 0 Å². The van der Waals surface area contributed by atoms with Gasteiger partial charge in [-0.1, -0.05) is 12.1 Å². The number of anilines is 2. The average Bonchev–Trinajstić information content (AvgIpc) is 2.85. The Kier molecular flexibility index (Phi) is 11.4. The Morgan fingerprint density at radius 3 is 1.88 bits per heavy atom. The van der Waals surface area contributed by atoms with Crippen LogP contribution >= 0.6 is 23.5 Å². The number of thioether (sulfide) groups is 2. The van der Waals surface area contributed by atoms with Gasteiger partial charge in [0.05, 0.1) is 27.8 Å². The quantitative estimate of drug-likeness (QED) is 0.0899. The fraction of sp³-hybridized carbons (Fsp3) is 0.240. The molecule has 0 radical (unpaired) electrons. The maximum absolute atomic E-state index is 14.1. The topological polar surface area (TPSA) is 98.3 Å². The zero-order valence-corrected chi connectivity index (χ0v) is 22.8. The standard InChI is InChI=1S/C16H12F4N2O3S.C9H9F4NS/c1-9-6-11(17)12(7-14(9)26-8-16(18,19)20)21-15(23)10-4-2-3-5-13(10)22(24)25;1-5-2-6(10)7(14)3-8(5)15-4-9(11,12)13/h2-7H,8H2,1H3,(H,21,23);2-3H,4,14H2,1H3. The van der Waals surface area contributed by atoms with Crippen molar-refractivity contribution in [3.8, 4) is 0 Å². The highest BCUT2D eigenvalue weighted by Crippen LogP contribution is 2.33. The van der Waals surface area contributed by atoms with Gasteiger partial charge in [0.15, 0.2) is 0 Å². The van der Waals surface area contributed by atoms with Crippen molar-refractivity contribution in [2.75, 3.05) is 22.6 Å². The van der Waals surface area contributed by atoms with Crippen molar-refractivity contribution in [3.63, 3.8) is 0 Å². The van der Waals surface area contributed by atoms with Gasteiger partial charge in [0, 0.05) is 15.9 Å². The molecule has 222 valence electrons. The van der Waals surface area contributed by atoms with E-state index in [1.54, 1.807) is 6.92 Å². The van der Waals surface area contributed by atoms with E-state index in [1.807, 2.05) is 0 Å². The molecule has 0 aliphatic rings. The van der Waals surface area contributed by atoms with Gasteiger partial charge in [0.1, 0.15) is 17.2 Å². The summed E-state index contributed by atoms with van der Waals surface area (Å²) in [6, 6.07) is 9.51. The number of nitrogens with one attached hydrogen (secondary N) is 1. The molecular formula is C25H21F8N3O3S2. The first-order valence-corrected chi connectivity index (χ1v) is 13.1. The molecule has 0 saturated carbocycles. The van der Waals surface area contributed by atoms with Crippen molar-refractivity contribution in [1.82, 2.24) is 0 Å². The Bertz CT molecular complexity index is 1420. The van der Waals surface area contributed by atoms with Gasteiger partial charge in [-0.2, -0.15) is 26.3 Å². The van der Waals surface area contributed by atoms with E-state index in [-0.39, 0.29) is 27.4 Å².